The second kappa shape index (κ2) is 7.81. The number of aryl methyl sites for hydroxylation is 1. The van der Waals surface area contributed by atoms with Gasteiger partial charge in [0, 0.05) is 62.2 Å². The van der Waals surface area contributed by atoms with Gasteiger partial charge in [-0.2, -0.15) is 10.2 Å². The van der Waals surface area contributed by atoms with Gasteiger partial charge in [0.1, 0.15) is 0 Å². The van der Waals surface area contributed by atoms with E-state index in [4.69, 9.17) is 5.10 Å². The number of anilines is 2. The summed E-state index contributed by atoms with van der Waals surface area (Å²) in [6.45, 7) is 3.96. The fourth-order valence-corrected chi connectivity index (χ4v) is 5.37. The molecule has 1 aromatic carbocycles. The molecule has 0 unspecified atom stereocenters. The van der Waals surface area contributed by atoms with Gasteiger partial charge >= 0.3 is 0 Å². The van der Waals surface area contributed by atoms with Crippen LogP contribution in [0, 0.1) is 0 Å². The Bertz CT molecular complexity index is 1130. The van der Waals surface area contributed by atoms with Gasteiger partial charge < -0.3 is 9.80 Å². The van der Waals surface area contributed by atoms with Crippen LogP contribution >= 0.6 is 45.2 Å². The lowest BCUT2D eigenvalue weighted by Crippen LogP contribution is -2.35. The van der Waals surface area contributed by atoms with Crippen molar-refractivity contribution in [3.63, 3.8) is 0 Å². The molecule has 2 aromatic heterocycles. The zero-order valence-electron chi connectivity index (χ0n) is 16.8. The second-order valence-electron chi connectivity index (χ2n) is 7.81. The van der Waals surface area contributed by atoms with E-state index in [9.17, 15) is 4.79 Å². The van der Waals surface area contributed by atoms with Gasteiger partial charge in [-0.1, -0.05) is 6.07 Å². The molecular weight excluding hydrogens is 606 g/mol. The maximum absolute atomic E-state index is 12.0. The van der Waals surface area contributed by atoms with Crippen molar-refractivity contribution in [3.8, 4) is 11.1 Å². The van der Waals surface area contributed by atoms with Crippen LogP contribution in [0.3, 0.4) is 0 Å². The first-order valence-corrected chi connectivity index (χ1v) is 12.4. The molecule has 4 heterocycles. The number of alkyl halides is 2. The third-order valence-electron chi connectivity index (χ3n) is 5.96. The molecule has 0 saturated heterocycles. The van der Waals surface area contributed by atoms with E-state index in [1.807, 2.05) is 29.0 Å². The van der Waals surface area contributed by atoms with E-state index in [1.54, 1.807) is 6.92 Å². The molecule has 3 aromatic rings. The number of amides is 1. The van der Waals surface area contributed by atoms with Crippen LogP contribution in [-0.4, -0.2) is 43.5 Å². The van der Waals surface area contributed by atoms with E-state index < -0.39 is 0 Å². The fourth-order valence-electron chi connectivity index (χ4n) is 4.45. The highest BCUT2D eigenvalue weighted by Crippen LogP contribution is 2.41. The molecule has 0 bridgehead atoms. The molecule has 0 spiro atoms. The predicted octanol–water partition coefficient (Wildman–Crippen LogP) is 4.21. The SMILES string of the molecule is CC(=O)N1CCc2c(c(N3CCc4cc(-c5cnn(C)c5)ccc43)nn2C(I)I)C1. The summed E-state index contributed by atoms with van der Waals surface area (Å²) in [6.07, 6.45) is 5.79. The van der Waals surface area contributed by atoms with Crippen molar-refractivity contribution in [2.45, 2.75) is 28.4 Å². The van der Waals surface area contributed by atoms with E-state index in [0.29, 0.717) is 6.54 Å². The second-order valence-corrected chi connectivity index (χ2v) is 12.6. The maximum atomic E-state index is 12.0. The van der Waals surface area contributed by atoms with Gasteiger partial charge in [-0.15, -0.1) is 0 Å². The lowest BCUT2D eigenvalue weighted by atomic mass is 10.0. The van der Waals surface area contributed by atoms with Gasteiger partial charge in [0.2, 0.25) is 5.91 Å². The molecule has 5 rings (SSSR count). The Labute approximate surface area is 202 Å². The summed E-state index contributed by atoms with van der Waals surface area (Å²) in [5, 5.41) is 9.32. The lowest BCUT2D eigenvalue weighted by Gasteiger charge is -2.28. The summed E-state index contributed by atoms with van der Waals surface area (Å²) in [5.74, 6) is 1.13. The van der Waals surface area contributed by atoms with Crippen molar-refractivity contribution in [2.75, 3.05) is 18.0 Å². The lowest BCUT2D eigenvalue weighted by molar-refractivity contribution is -0.129. The summed E-state index contributed by atoms with van der Waals surface area (Å²) in [5.41, 5.74) is 7.33. The highest BCUT2D eigenvalue weighted by atomic mass is 127. The van der Waals surface area contributed by atoms with Crippen LogP contribution in [0.15, 0.2) is 30.6 Å². The molecule has 1 amide bonds. The third kappa shape index (κ3) is 3.43. The summed E-state index contributed by atoms with van der Waals surface area (Å²) in [7, 11) is 1.94. The minimum Gasteiger partial charge on any atom is -0.338 e. The van der Waals surface area contributed by atoms with Crippen molar-refractivity contribution in [3.05, 3.63) is 47.4 Å². The molecule has 30 heavy (non-hydrogen) atoms. The van der Waals surface area contributed by atoms with Crippen LogP contribution in [0.25, 0.3) is 11.1 Å². The predicted molar refractivity (Wildman–Crippen MR) is 133 cm³/mol. The van der Waals surface area contributed by atoms with Crippen LogP contribution < -0.4 is 4.90 Å². The topological polar surface area (TPSA) is 59.2 Å². The quantitative estimate of drug-likeness (QED) is 0.323. The number of rotatable bonds is 3. The van der Waals surface area contributed by atoms with Gasteiger partial charge in [-0.05, 0) is 74.9 Å². The van der Waals surface area contributed by atoms with Crippen molar-refractivity contribution >= 4 is 62.6 Å². The Hall–Kier alpha value is -1.63. The minimum atomic E-state index is 0.128. The van der Waals surface area contributed by atoms with Crippen LogP contribution in [0.4, 0.5) is 11.5 Å². The number of halogens is 2. The first-order valence-electron chi connectivity index (χ1n) is 9.96. The van der Waals surface area contributed by atoms with Crippen LogP contribution in [0.1, 0.15) is 25.8 Å². The molecule has 0 saturated carbocycles. The first kappa shape index (κ1) is 20.3. The van der Waals surface area contributed by atoms with Crippen molar-refractivity contribution in [2.24, 2.45) is 7.05 Å². The zero-order valence-corrected chi connectivity index (χ0v) is 21.2. The molecular formula is C21H22I2N6O. The Morgan fingerprint density at radius 2 is 2.00 bits per heavy atom. The highest BCUT2D eigenvalue weighted by molar-refractivity contribution is 14.2. The van der Waals surface area contributed by atoms with Crippen LogP contribution in [-0.2, 0) is 31.2 Å². The fraction of sp³-hybridized carbons (Fsp3) is 0.381. The van der Waals surface area contributed by atoms with Crippen molar-refractivity contribution in [1.29, 1.82) is 0 Å². The Balaban J connectivity index is 1.54. The molecule has 0 radical (unpaired) electrons. The van der Waals surface area contributed by atoms with Crippen LogP contribution in [0.2, 0.25) is 0 Å². The van der Waals surface area contributed by atoms with E-state index in [0.717, 1.165) is 37.3 Å². The van der Waals surface area contributed by atoms with Gasteiger partial charge in [0.05, 0.1) is 12.7 Å². The largest absolute Gasteiger partial charge is 0.338 e. The first-order chi connectivity index (χ1) is 14.4. The average Bonchev–Trinajstić information content (AvgIpc) is 3.43. The number of carbonyl (C=O) groups is 1. The summed E-state index contributed by atoms with van der Waals surface area (Å²) in [6, 6.07) is 6.64. The van der Waals surface area contributed by atoms with Gasteiger partial charge in [-0.25, -0.2) is 4.68 Å². The number of nitrogens with zero attached hydrogens (tertiary/aromatic N) is 6. The maximum Gasteiger partial charge on any atom is 0.219 e. The van der Waals surface area contributed by atoms with Crippen molar-refractivity contribution < 1.29 is 4.79 Å². The number of hydrogen-bond donors (Lipinski definition) is 0. The van der Waals surface area contributed by atoms with E-state index in [-0.39, 0.29) is 7.96 Å². The number of aromatic nitrogens is 4. The van der Waals surface area contributed by atoms with Gasteiger partial charge in [0.25, 0.3) is 0 Å². The molecule has 156 valence electrons. The van der Waals surface area contributed by atoms with Gasteiger partial charge in [-0.3, -0.25) is 9.48 Å². The third-order valence-corrected chi connectivity index (χ3v) is 7.02. The molecule has 2 aliphatic rings. The number of hydrogen-bond acceptors (Lipinski definition) is 4. The summed E-state index contributed by atoms with van der Waals surface area (Å²) < 4.78 is 4.20. The van der Waals surface area contributed by atoms with Gasteiger partial charge in [0.15, 0.2) is 7.87 Å². The minimum absolute atomic E-state index is 0.128. The van der Waals surface area contributed by atoms with E-state index in [1.165, 1.54) is 28.1 Å². The Morgan fingerprint density at radius 1 is 1.17 bits per heavy atom. The molecule has 2 aliphatic heterocycles. The van der Waals surface area contributed by atoms with E-state index in [2.05, 4.69) is 78.1 Å². The highest BCUT2D eigenvalue weighted by Gasteiger charge is 2.32. The number of carbonyl (C=O) groups excluding carboxylic acids is 1. The average molecular weight is 628 g/mol. The monoisotopic (exact) mass is 628 g/mol. The number of benzene rings is 1. The summed E-state index contributed by atoms with van der Waals surface area (Å²) in [4.78, 5) is 16.3. The Morgan fingerprint density at radius 3 is 2.70 bits per heavy atom. The molecule has 0 N–H and O–H groups in total. The van der Waals surface area contributed by atoms with E-state index >= 15 is 0 Å². The smallest absolute Gasteiger partial charge is 0.219 e. The molecule has 9 heteroatoms. The Kier molecular flexibility index (Phi) is 5.28. The molecule has 7 nitrogen and oxygen atoms in total. The molecule has 0 atom stereocenters. The summed E-state index contributed by atoms with van der Waals surface area (Å²) >= 11 is 4.81. The standard InChI is InChI=1S/C21H22I2N6O/c1-13(30)27-7-6-19-17(12-27)20(25-29(19)21(22)23)28-8-5-15-9-14(3-4-18(15)28)16-10-24-26(2)11-16/h3-4,9-11,21H,5-8,12H2,1-2H3. The molecule has 0 fully saturated rings. The molecule has 0 aliphatic carbocycles. The van der Waals surface area contributed by atoms with Crippen LogP contribution in [0.5, 0.6) is 0 Å². The normalized spacial score (nSPS) is 15.6. The zero-order chi connectivity index (χ0) is 21.0. The van der Waals surface area contributed by atoms with Crippen molar-refractivity contribution in [1.82, 2.24) is 24.5 Å². The number of fused-ring (bicyclic) bond motifs is 2.